The first-order valence-corrected chi connectivity index (χ1v) is 10.7. The standard InChI is InChI=1S/C22H25F2N5O2/c1-25-22(31)13-8-19(30)14(7-15(13)23)17-9-27-20(10-26-17)29(12-3-4-12)18-6-11-2-5-16(28-11)21(18)24/h7-12,16,18,21,28,30H,2-6H2,1H3,(H,25,31)/t11-,16+,18-,21+/m0/s1. The van der Waals surface area contributed by atoms with Crippen LogP contribution in [0.25, 0.3) is 11.3 Å². The molecular formula is C22H25F2N5O2. The van der Waals surface area contributed by atoms with Gasteiger partial charge in [-0.25, -0.2) is 13.8 Å². The number of rotatable bonds is 5. The van der Waals surface area contributed by atoms with Crippen molar-refractivity contribution in [3.63, 3.8) is 0 Å². The molecule has 0 unspecified atom stereocenters. The zero-order valence-corrected chi connectivity index (χ0v) is 17.2. The van der Waals surface area contributed by atoms with E-state index in [1.54, 1.807) is 6.20 Å². The molecule has 0 spiro atoms. The van der Waals surface area contributed by atoms with Crippen LogP contribution in [0.1, 0.15) is 42.5 Å². The summed E-state index contributed by atoms with van der Waals surface area (Å²) in [5.41, 5.74) is 0.176. The van der Waals surface area contributed by atoms with Crippen molar-refractivity contribution in [1.82, 2.24) is 20.6 Å². The van der Waals surface area contributed by atoms with Crippen LogP contribution >= 0.6 is 0 Å². The summed E-state index contributed by atoms with van der Waals surface area (Å²) in [6, 6.07) is 2.42. The van der Waals surface area contributed by atoms with Crippen molar-refractivity contribution in [2.24, 2.45) is 0 Å². The lowest BCUT2D eigenvalue weighted by Gasteiger charge is -2.41. The Morgan fingerprint density at radius 1 is 1.23 bits per heavy atom. The number of benzene rings is 1. The highest BCUT2D eigenvalue weighted by molar-refractivity contribution is 5.95. The molecule has 2 aromatic rings. The van der Waals surface area contributed by atoms with Gasteiger partial charge in [0.05, 0.1) is 29.7 Å². The lowest BCUT2D eigenvalue weighted by atomic mass is 9.96. The lowest BCUT2D eigenvalue weighted by molar-refractivity contribution is 0.0958. The molecule has 2 bridgehead atoms. The smallest absolute Gasteiger partial charge is 0.254 e. The second-order valence-electron chi connectivity index (χ2n) is 8.62. The van der Waals surface area contributed by atoms with Crippen LogP contribution in [-0.2, 0) is 0 Å². The first kappa shape index (κ1) is 20.1. The number of nitrogens with zero attached hydrogens (tertiary/aromatic N) is 3. The molecule has 3 heterocycles. The molecule has 2 aliphatic heterocycles. The van der Waals surface area contributed by atoms with Gasteiger partial charge in [0.25, 0.3) is 5.91 Å². The maximum atomic E-state index is 15.2. The molecule has 3 aliphatic rings. The monoisotopic (exact) mass is 429 g/mol. The summed E-state index contributed by atoms with van der Waals surface area (Å²) in [4.78, 5) is 22.7. The highest BCUT2D eigenvalue weighted by Crippen LogP contribution is 2.40. The van der Waals surface area contributed by atoms with Gasteiger partial charge in [0.15, 0.2) is 0 Å². The number of fused-ring (bicyclic) bond motifs is 2. The van der Waals surface area contributed by atoms with Crippen LogP contribution in [0.15, 0.2) is 24.5 Å². The van der Waals surface area contributed by atoms with E-state index in [0.717, 1.165) is 44.2 Å². The van der Waals surface area contributed by atoms with Crippen molar-refractivity contribution in [3.05, 3.63) is 35.9 Å². The zero-order chi connectivity index (χ0) is 21.7. The Morgan fingerprint density at radius 3 is 2.71 bits per heavy atom. The maximum absolute atomic E-state index is 15.2. The van der Waals surface area contributed by atoms with Crippen LogP contribution in [0.2, 0.25) is 0 Å². The van der Waals surface area contributed by atoms with E-state index >= 15 is 4.39 Å². The third-order valence-corrected chi connectivity index (χ3v) is 6.59. The quantitative estimate of drug-likeness (QED) is 0.677. The Labute approximate surface area is 178 Å². The molecule has 1 aromatic carbocycles. The van der Waals surface area contributed by atoms with E-state index in [9.17, 15) is 14.3 Å². The molecule has 1 aliphatic carbocycles. The molecule has 3 fully saturated rings. The summed E-state index contributed by atoms with van der Waals surface area (Å²) in [6.07, 6.45) is 6.67. The fraction of sp³-hybridized carbons (Fsp3) is 0.500. The van der Waals surface area contributed by atoms with Gasteiger partial charge in [-0.05, 0) is 44.2 Å². The van der Waals surface area contributed by atoms with E-state index in [1.165, 1.54) is 13.2 Å². The topological polar surface area (TPSA) is 90.4 Å². The predicted molar refractivity (Wildman–Crippen MR) is 111 cm³/mol. The summed E-state index contributed by atoms with van der Waals surface area (Å²) in [5, 5.41) is 16.0. The summed E-state index contributed by atoms with van der Waals surface area (Å²) < 4.78 is 29.5. The number of hydrogen-bond donors (Lipinski definition) is 3. The van der Waals surface area contributed by atoms with E-state index < -0.39 is 17.9 Å². The van der Waals surface area contributed by atoms with Gasteiger partial charge in [0, 0.05) is 30.7 Å². The lowest BCUT2D eigenvalue weighted by Crippen LogP contribution is -2.57. The van der Waals surface area contributed by atoms with Gasteiger partial charge < -0.3 is 20.6 Å². The number of amides is 1. The van der Waals surface area contributed by atoms with Crippen LogP contribution in [0.4, 0.5) is 14.6 Å². The summed E-state index contributed by atoms with van der Waals surface area (Å²) in [6.45, 7) is 0. The Balaban J connectivity index is 1.43. The van der Waals surface area contributed by atoms with Gasteiger partial charge in [0.1, 0.15) is 23.6 Å². The fourth-order valence-electron chi connectivity index (χ4n) is 4.89. The minimum absolute atomic E-state index is 0.101. The molecule has 2 saturated heterocycles. The predicted octanol–water partition coefficient (Wildman–Crippen LogP) is 2.55. The highest BCUT2D eigenvalue weighted by atomic mass is 19.1. The normalized spacial score (nSPS) is 27.2. The molecule has 5 rings (SSSR count). The largest absolute Gasteiger partial charge is 0.507 e. The van der Waals surface area contributed by atoms with Crippen LogP contribution in [0.5, 0.6) is 5.75 Å². The number of alkyl halides is 1. The molecule has 4 atom stereocenters. The van der Waals surface area contributed by atoms with Gasteiger partial charge in [-0.1, -0.05) is 0 Å². The molecule has 164 valence electrons. The number of aromatic hydroxyl groups is 1. The molecule has 9 heteroatoms. The highest BCUT2D eigenvalue weighted by Gasteiger charge is 2.48. The number of carbonyl (C=O) groups excluding carboxylic acids is 1. The minimum Gasteiger partial charge on any atom is -0.507 e. The second-order valence-corrected chi connectivity index (χ2v) is 8.62. The molecule has 1 amide bonds. The molecular weight excluding hydrogens is 404 g/mol. The number of piperidine rings is 1. The van der Waals surface area contributed by atoms with E-state index in [-0.39, 0.29) is 40.7 Å². The molecule has 3 N–H and O–H groups in total. The maximum Gasteiger partial charge on any atom is 0.254 e. The van der Waals surface area contributed by atoms with Crippen molar-refractivity contribution in [2.45, 2.75) is 62.4 Å². The summed E-state index contributed by atoms with van der Waals surface area (Å²) in [5.74, 6) is -1.05. The van der Waals surface area contributed by atoms with Crippen LogP contribution in [-0.4, -0.2) is 58.4 Å². The number of hydrogen-bond acceptors (Lipinski definition) is 6. The SMILES string of the molecule is CNC(=O)c1cc(O)c(-c2cnc(N(C3CC3)[C@H]3C[C@@H]4CC[C@@H](N4)[C@H]3F)cn2)cc1F. The average Bonchev–Trinajstić information content (AvgIpc) is 3.53. The van der Waals surface area contributed by atoms with E-state index in [0.29, 0.717) is 11.9 Å². The molecule has 31 heavy (non-hydrogen) atoms. The number of aromatic nitrogens is 2. The van der Waals surface area contributed by atoms with Crippen LogP contribution < -0.4 is 15.5 Å². The minimum atomic E-state index is -0.962. The molecule has 1 aromatic heterocycles. The van der Waals surface area contributed by atoms with E-state index in [1.807, 2.05) is 0 Å². The van der Waals surface area contributed by atoms with Crippen molar-refractivity contribution >= 4 is 11.7 Å². The number of phenolic OH excluding ortho intramolecular Hbond substituents is 1. The Hall–Kier alpha value is -2.81. The summed E-state index contributed by atoms with van der Waals surface area (Å²) >= 11 is 0. The third kappa shape index (κ3) is 3.60. The first-order chi connectivity index (χ1) is 15.0. The third-order valence-electron chi connectivity index (χ3n) is 6.59. The summed E-state index contributed by atoms with van der Waals surface area (Å²) in [7, 11) is 1.39. The first-order valence-electron chi connectivity index (χ1n) is 10.7. The number of phenols is 1. The number of halogens is 2. The van der Waals surface area contributed by atoms with Gasteiger partial charge in [-0.3, -0.25) is 9.78 Å². The second kappa shape index (κ2) is 7.71. The number of carbonyl (C=O) groups is 1. The zero-order valence-electron chi connectivity index (χ0n) is 17.2. The van der Waals surface area contributed by atoms with Gasteiger partial charge in [0.2, 0.25) is 0 Å². The van der Waals surface area contributed by atoms with Gasteiger partial charge in [-0.15, -0.1) is 0 Å². The molecule has 0 radical (unpaired) electrons. The molecule has 1 saturated carbocycles. The van der Waals surface area contributed by atoms with Crippen molar-refractivity contribution < 1.29 is 18.7 Å². The Morgan fingerprint density at radius 2 is 2.03 bits per heavy atom. The average molecular weight is 429 g/mol. The Bertz CT molecular complexity index is 998. The van der Waals surface area contributed by atoms with Crippen molar-refractivity contribution in [3.8, 4) is 17.0 Å². The Kier molecular flexibility index (Phi) is 5.00. The van der Waals surface area contributed by atoms with Crippen molar-refractivity contribution in [2.75, 3.05) is 11.9 Å². The van der Waals surface area contributed by atoms with Crippen molar-refractivity contribution in [1.29, 1.82) is 0 Å². The van der Waals surface area contributed by atoms with Gasteiger partial charge >= 0.3 is 0 Å². The van der Waals surface area contributed by atoms with Crippen LogP contribution in [0.3, 0.4) is 0 Å². The molecule has 7 nitrogen and oxygen atoms in total. The van der Waals surface area contributed by atoms with Crippen LogP contribution in [0, 0.1) is 5.82 Å². The number of anilines is 1. The van der Waals surface area contributed by atoms with E-state index in [4.69, 9.17) is 0 Å². The van der Waals surface area contributed by atoms with E-state index in [2.05, 4.69) is 25.5 Å². The number of nitrogens with one attached hydrogen (secondary N) is 2. The fourth-order valence-corrected chi connectivity index (χ4v) is 4.89. The van der Waals surface area contributed by atoms with Gasteiger partial charge in [-0.2, -0.15) is 0 Å².